The number of thiazole rings is 1. The molecule has 0 fully saturated rings. The van der Waals surface area contributed by atoms with E-state index in [1.807, 2.05) is 61.1 Å². The second-order valence-corrected chi connectivity index (χ2v) is 6.96. The number of aryl methyl sites for hydroxylation is 2. The van der Waals surface area contributed by atoms with Crippen LogP contribution in [0.5, 0.6) is 0 Å². The van der Waals surface area contributed by atoms with Crippen LogP contribution in [0.2, 0.25) is 0 Å². The van der Waals surface area contributed by atoms with Gasteiger partial charge in [0.25, 0.3) is 0 Å². The molecule has 0 saturated heterocycles. The van der Waals surface area contributed by atoms with Gasteiger partial charge in [-0.1, -0.05) is 30.3 Å². The Morgan fingerprint density at radius 1 is 1.25 bits per heavy atom. The highest BCUT2D eigenvalue weighted by Gasteiger charge is 2.17. The summed E-state index contributed by atoms with van der Waals surface area (Å²) < 4.78 is 1.83. The van der Waals surface area contributed by atoms with Crippen molar-refractivity contribution in [1.82, 2.24) is 20.1 Å². The topological polar surface area (TPSA) is 59.8 Å². The lowest BCUT2D eigenvalue weighted by molar-refractivity contribution is -0.121. The summed E-state index contributed by atoms with van der Waals surface area (Å²) in [4.78, 5) is 17.9. The van der Waals surface area contributed by atoms with Gasteiger partial charge in [0.2, 0.25) is 5.91 Å². The summed E-state index contributed by atoms with van der Waals surface area (Å²) in [6.07, 6.45) is 4.01. The summed E-state index contributed by atoms with van der Waals surface area (Å²) in [5.74, 6) is 0.00255. The van der Waals surface area contributed by atoms with Crippen molar-refractivity contribution in [2.75, 3.05) is 0 Å². The zero-order valence-corrected chi connectivity index (χ0v) is 14.6. The number of amides is 1. The first-order chi connectivity index (χ1) is 11.6. The summed E-state index contributed by atoms with van der Waals surface area (Å²) in [6, 6.07) is 11.7. The highest BCUT2D eigenvalue weighted by Crippen LogP contribution is 2.19. The molecule has 2 aromatic heterocycles. The summed E-state index contributed by atoms with van der Waals surface area (Å²) in [6.45, 7) is 4.51. The second kappa shape index (κ2) is 7.40. The van der Waals surface area contributed by atoms with Gasteiger partial charge < -0.3 is 5.32 Å². The number of rotatable bonds is 6. The number of hydrogen-bond acceptors (Lipinski definition) is 4. The first-order valence-corrected chi connectivity index (χ1v) is 8.68. The molecule has 1 N–H and O–H groups in total. The molecule has 1 unspecified atom stereocenters. The van der Waals surface area contributed by atoms with Crippen molar-refractivity contribution in [3.63, 3.8) is 0 Å². The van der Waals surface area contributed by atoms with Crippen LogP contribution >= 0.6 is 11.3 Å². The number of aromatic nitrogens is 3. The van der Waals surface area contributed by atoms with Gasteiger partial charge in [0.1, 0.15) is 0 Å². The number of hydrogen-bond donors (Lipinski definition) is 1. The normalized spacial score (nSPS) is 12.1. The van der Waals surface area contributed by atoms with Crippen LogP contribution in [-0.2, 0) is 17.8 Å². The third-order valence-corrected chi connectivity index (χ3v) is 4.86. The Balaban J connectivity index is 1.73. The van der Waals surface area contributed by atoms with Crippen molar-refractivity contribution in [1.29, 1.82) is 0 Å². The summed E-state index contributed by atoms with van der Waals surface area (Å²) >= 11 is 1.58. The summed E-state index contributed by atoms with van der Waals surface area (Å²) in [5, 5.41) is 8.38. The molecule has 1 aromatic carbocycles. The molecular formula is C18H20N4OS. The molecule has 2 heterocycles. The van der Waals surface area contributed by atoms with E-state index in [2.05, 4.69) is 15.4 Å². The monoisotopic (exact) mass is 340 g/mol. The van der Waals surface area contributed by atoms with E-state index in [1.165, 1.54) is 0 Å². The molecule has 0 bridgehead atoms. The average Bonchev–Trinajstić information content (AvgIpc) is 3.17. The minimum absolute atomic E-state index is 0.00255. The Labute approximate surface area is 145 Å². The Morgan fingerprint density at radius 2 is 2.04 bits per heavy atom. The number of nitrogens with one attached hydrogen (secondary N) is 1. The van der Waals surface area contributed by atoms with Crippen molar-refractivity contribution < 1.29 is 4.79 Å². The largest absolute Gasteiger partial charge is 0.347 e. The molecule has 1 amide bonds. The molecular weight excluding hydrogens is 320 g/mol. The Morgan fingerprint density at radius 3 is 2.67 bits per heavy atom. The van der Waals surface area contributed by atoms with E-state index in [9.17, 15) is 4.79 Å². The lowest BCUT2D eigenvalue weighted by atomic mass is 10.1. The zero-order valence-electron chi connectivity index (χ0n) is 13.8. The molecule has 0 aliphatic rings. The Kier molecular flexibility index (Phi) is 5.05. The minimum Gasteiger partial charge on any atom is -0.347 e. The maximum absolute atomic E-state index is 12.5. The minimum atomic E-state index is -0.118. The van der Waals surface area contributed by atoms with E-state index >= 15 is 0 Å². The predicted octanol–water partition coefficient (Wildman–Crippen LogP) is 3.06. The highest BCUT2D eigenvalue weighted by molar-refractivity contribution is 7.11. The van der Waals surface area contributed by atoms with E-state index in [0.717, 1.165) is 21.1 Å². The van der Waals surface area contributed by atoms with Crippen molar-refractivity contribution in [3.8, 4) is 0 Å². The zero-order chi connectivity index (χ0) is 16.9. The number of nitrogens with zero attached hydrogens (tertiary/aromatic N) is 3. The average molecular weight is 340 g/mol. The van der Waals surface area contributed by atoms with Crippen LogP contribution in [0.1, 0.15) is 27.2 Å². The Bertz CT molecular complexity index is 796. The van der Waals surface area contributed by atoms with Crippen molar-refractivity contribution >= 4 is 17.2 Å². The smallest absolute Gasteiger partial charge is 0.225 e. The van der Waals surface area contributed by atoms with Crippen molar-refractivity contribution in [2.45, 2.75) is 32.9 Å². The summed E-state index contributed by atoms with van der Waals surface area (Å²) in [7, 11) is 0. The van der Waals surface area contributed by atoms with E-state index in [1.54, 1.807) is 17.5 Å². The lowest BCUT2D eigenvalue weighted by Gasteiger charge is -2.19. The van der Waals surface area contributed by atoms with Gasteiger partial charge in [-0.05, 0) is 25.5 Å². The fourth-order valence-electron chi connectivity index (χ4n) is 2.64. The molecule has 0 aliphatic heterocycles. The maximum Gasteiger partial charge on any atom is 0.225 e. The lowest BCUT2D eigenvalue weighted by Crippen LogP contribution is -2.32. The predicted molar refractivity (Wildman–Crippen MR) is 94.8 cm³/mol. The van der Waals surface area contributed by atoms with Gasteiger partial charge >= 0.3 is 0 Å². The van der Waals surface area contributed by atoms with E-state index in [-0.39, 0.29) is 11.9 Å². The van der Waals surface area contributed by atoms with Gasteiger partial charge in [-0.25, -0.2) is 4.98 Å². The van der Waals surface area contributed by atoms with E-state index in [4.69, 9.17) is 0 Å². The number of carbonyl (C=O) groups excluding carboxylic acids is 1. The first-order valence-electron chi connectivity index (χ1n) is 7.86. The van der Waals surface area contributed by atoms with Crippen LogP contribution in [-0.4, -0.2) is 20.7 Å². The molecule has 0 aliphatic carbocycles. The van der Waals surface area contributed by atoms with E-state index < -0.39 is 0 Å². The summed E-state index contributed by atoms with van der Waals surface area (Å²) in [5.41, 5.74) is 2.01. The van der Waals surface area contributed by atoms with Gasteiger partial charge in [0.05, 0.1) is 29.7 Å². The van der Waals surface area contributed by atoms with E-state index in [0.29, 0.717) is 13.0 Å². The first kappa shape index (κ1) is 16.4. The molecule has 3 rings (SSSR count). The SMILES string of the molecule is Cc1nc(C)c(CC(=O)NC(Cn2cccn2)c2ccccc2)s1. The fraction of sp³-hybridized carbons (Fsp3) is 0.278. The number of benzene rings is 1. The molecule has 3 aromatic rings. The van der Waals surface area contributed by atoms with Crippen LogP contribution in [0.3, 0.4) is 0 Å². The van der Waals surface area contributed by atoms with Crippen LogP contribution < -0.4 is 5.32 Å². The maximum atomic E-state index is 12.5. The van der Waals surface area contributed by atoms with Crippen LogP contribution in [0, 0.1) is 13.8 Å². The third kappa shape index (κ3) is 4.08. The molecule has 24 heavy (non-hydrogen) atoms. The second-order valence-electron chi connectivity index (χ2n) is 5.68. The molecule has 0 spiro atoms. The van der Waals surface area contributed by atoms with Crippen LogP contribution in [0.4, 0.5) is 0 Å². The van der Waals surface area contributed by atoms with Crippen LogP contribution in [0.15, 0.2) is 48.8 Å². The van der Waals surface area contributed by atoms with Crippen LogP contribution in [0.25, 0.3) is 0 Å². The van der Waals surface area contributed by atoms with Gasteiger partial charge in [0, 0.05) is 17.3 Å². The van der Waals surface area contributed by atoms with Gasteiger partial charge in [0.15, 0.2) is 0 Å². The molecule has 5 nitrogen and oxygen atoms in total. The quantitative estimate of drug-likeness (QED) is 0.750. The molecule has 124 valence electrons. The molecule has 0 radical (unpaired) electrons. The van der Waals surface area contributed by atoms with Gasteiger partial charge in [-0.2, -0.15) is 5.10 Å². The fourth-order valence-corrected chi connectivity index (χ4v) is 3.58. The van der Waals surface area contributed by atoms with Gasteiger partial charge in [-0.3, -0.25) is 9.48 Å². The molecule has 1 atom stereocenters. The Hall–Kier alpha value is -2.47. The standard InChI is InChI=1S/C18H20N4OS/c1-13-17(24-14(2)20-13)11-18(23)21-16(12-22-10-6-9-19-22)15-7-4-3-5-8-15/h3-10,16H,11-12H2,1-2H3,(H,21,23). The van der Waals surface area contributed by atoms with Crippen molar-refractivity contribution in [3.05, 3.63) is 69.9 Å². The highest BCUT2D eigenvalue weighted by atomic mass is 32.1. The molecule has 0 saturated carbocycles. The third-order valence-electron chi connectivity index (χ3n) is 3.79. The van der Waals surface area contributed by atoms with Gasteiger partial charge in [-0.15, -0.1) is 11.3 Å². The van der Waals surface area contributed by atoms with Crippen molar-refractivity contribution in [2.24, 2.45) is 0 Å². The molecule has 6 heteroatoms. The number of carbonyl (C=O) groups is 1.